The van der Waals surface area contributed by atoms with Gasteiger partial charge in [-0.05, 0) is 88.3 Å². The number of amides is 2. The van der Waals surface area contributed by atoms with E-state index in [1.165, 1.54) is 50.5 Å². The molecule has 5 atom stereocenters. The molecular formula is C29H43N3O4. The molecule has 2 amide bonds. The van der Waals surface area contributed by atoms with Gasteiger partial charge in [0.15, 0.2) is 11.9 Å². The maximum absolute atomic E-state index is 13.1. The zero-order valence-corrected chi connectivity index (χ0v) is 21.9. The number of carbonyl (C=O) groups is 2. The Balaban J connectivity index is 1.21. The highest BCUT2D eigenvalue weighted by Gasteiger charge is 2.42. The number of primary amides is 1. The number of carbonyl (C=O) groups excluding carboxylic acids is 2. The molecule has 7 heteroatoms. The van der Waals surface area contributed by atoms with Crippen LogP contribution in [0.25, 0.3) is 0 Å². The molecule has 198 valence electrons. The van der Waals surface area contributed by atoms with Gasteiger partial charge in [0.1, 0.15) is 0 Å². The van der Waals surface area contributed by atoms with E-state index >= 15 is 0 Å². The normalized spacial score (nSPS) is 31.3. The molecule has 4 fully saturated rings. The summed E-state index contributed by atoms with van der Waals surface area (Å²) in [5.41, 5.74) is 7.38. The second-order valence-electron chi connectivity index (χ2n) is 11.9. The molecule has 4 aliphatic rings. The molecule has 0 radical (unpaired) electrons. The summed E-state index contributed by atoms with van der Waals surface area (Å²) in [7, 11) is 0. The summed E-state index contributed by atoms with van der Waals surface area (Å²) in [4.78, 5) is 27.5. The number of benzene rings is 1. The van der Waals surface area contributed by atoms with Gasteiger partial charge in [0.25, 0.3) is 5.91 Å². The molecule has 36 heavy (non-hydrogen) atoms. The smallest absolute Gasteiger partial charge is 0.251 e. The Morgan fingerprint density at radius 3 is 2.47 bits per heavy atom. The Labute approximate surface area is 215 Å². The lowest BCUT2D eigenvalue weighted by Crippen LogP contribution is -2.49. The molecule has 2 bridgehead atoms. The van der Waals surface area contributed by atoms with Crippen LogP contribution in [-0.4, -0.2) is 59.9 Å². The molecule has 7 nitrogen and oxygen atoms in total. The maximum Gasteiger partial charge on any atom is 0.251 e. The average Bonchev–Trinajstić information content (AvgIpc) is 3.35. The van der Waals surface area contributed by atoms with E-state index in [-0.39, 0.29) is 17.9 Å². The summed E-state index contributed by atoms with van der Waals surface area (Å²) in [6.07, 6.45) is 11.4. The van der Waals surface area contributed by atoms with Crippen molar-refractivity contribution >= 4 is 11.8 Å². The summed E-state index contributed by atoms with van der Waals surface area (Å²) in [5, 5.41) is 3.39. The van der Waals surface area contributed by atoms with Gasteiger partial charge in [-0.25, -0.2) is 0 Å². The van der Waals surface area contributed by atoms with Crippen LogP contribution in [0.5, 0.6) is 0 Å². The van der Waals surface area contributed by atoms with Crippen molar-refractivity contribution in [2.45, 2.75) is 114 Å². The summed E-state index contributed by atoms with van der Waals surface area (Å²) in [6.45, 7) is 5.08. The van der Waals surface area contributed by atoms with Gasteiger partial charge >= 0.3 is 0 Å². The topological polar surface area (TPSA) is 93.9 Å². The largest absolute Gasteiger partial charge is 0.366 e. The number of fused-ring (bicyclic) bond motifs is 2. The number of nitrogens with one attached hydrogen (secondary N) is 1. The van der Waals surface area contributed by atoms with Gasteiger partial charge in [-0.15, -0.1) is 0 Å². The highest BCUT2D eigenvalue weighted by Crippen LogP contribution is 2.43. The average molecular weight is 498 g/mol. The van der Waals surface area contributed by atoms with Crippen molar-refractivity contribution < 1.29 is 19.1 Å². The third-order valence-corrected chi connectivity index (χ3v) is 9.07. The number of nitrogens with two attached hydrogens (primary N) is 1. The van der Waals surface area contributed by atoms with Crippen LogP contribution >= 0.6 is 0 Å². The Hall–Kier alpha value is -1.96. The first-order chi connectivity index (χ1) is 17.3. The molecule has 3 heterocycles. The lowest BCUT2D eigenvalue weighted by atomic mass is 9.81. The third-order valence-electron chi connectivity index (χ3n) is 9.07. The second kappa shape index (κ2) is 10.8. The number of hydrogen-bond acceptors (Lipinski definition) is 5. The van der Waals surface area contributed by atoms with E-state index in [2.05, 4.69) is 16.3 Å². The molecule has 0 aromatic heterocycles. The van der Waals surface area contributed by atoms with Gasteiger partial charge in [0.05, 0.1) is 6.61 Å². The van der Waals surface area contributed by atoms with Crippen LogP contribution in [0, 0.1) is 5.92 Å². The number of hydrogen-bond donors (Lipinski definition) is 2. The monoisotopic (exact) mass is 497 g/mol. The molecular weight excluding hydrogens is 454 g/mol. The Morgan fingerprint density at radius 1 is 1.11 bits per heavy atom. The van der Waals surface area contributed by atoms with Crippen LogP contribution in [0.4, 0.5) is 0 Å². The lowest BCUT2D eigenvalue weighted by molar-refractivity contribution is -0.154. The summed E-state index contributed by atoms with van der Waals surface area (Å²) >= 11 is 0. The van der Waals surface area contributed by atoms with E-state index in [1.807, 2.05) is 26.0 Å². The van der Waals surface area contributed by atoms with Gasteiger partial charge in [-0.3, -0.25) is 14.5 Å². The molecule has 3 N–H and O–H groups in total. The molecule has 0 spiro atoms. The zero-order chi connectivity index (χ0) is 25.3. The maximum atomic E-state index is 13.1. The lowest BCUT2D eigenvalue weighted by Gasteiger charge is -2.41. The summed E-state index contributed by atoms with van der Waals surface area (Å²) < 4.78 is 11.5. The molecule has 1 saturated carbocycles. The second-order valence-corrected chi connectivity index (χ2v) is 11.9. The van der Waals surface area contributed by atoms with Crippen molar-refractivity contribution in [3.63, 3.8) is 0 Å². The zero-order valence-electron chi connectivity index (χ0n) is 21.9. The predicted octanol–water partition coefficient (Wildman–Crippen LogP) is 4.10. The van der Waals surface area contributed by atoms with Gasteiger partial charge in [-0.1, -0.05) is 31.4 Å². The molecule has 3 saturated heterocycles. The minimum absolute atomic E-state index is 0.0211. The van der Waals surface area contributed by atoms with Crippen LogP contribution in [0.2, 0.25) is 0 Å². The number of piperidine rings is 1. The van der Waals surface area contributed by atoms with Crippen molar-refractivity contribution in [1.82, 2.24) is 10.2 Å². The van der Waals surface area contributed by atoms with Crippen molar-refractivity contribution in [1.29, 1.82) is 0 Å². The van der Waals surface area contributed by atoms with E-state index in [4.69, 9.17) is 15.2 Å². The first-order valence-electron chi connectivity index (χ1n) is 14.1. The predicted molar refractivity (Wildman–Crippen MR) is 138 cm³/mol. The Morgan fingerprint density at radius 2 is 1.83 bits per heavy atom. The van der Waals surface area contributed by atoms with Crippen molar-refractivity contribution in [2.24, 2.45) is 11.7 Å². The standard InChI is InChI=1S/C29H43N3O4/c1-29(2)35-18-26(36-29)28(34)31-25(19-7-4-3-5-8-19)13-14-32-23-11-12-24(32)17-22(16-23)20-9-6-10-21(15-20)27(30)33/h6,9-10,15,19,22-26H,3-5,7-8,11-14,16-18H2,1-2H3,(H2,30,33)(H,31,34)/t22?,23-,24+,25?,26-/m1/s1. The fourth-order valence-corrected chi connectivity index (χ4v) is 7.20. The SMILES string of the molecule is CC1(C)OC[C@H](C(=O)NC(CCN2[C@@H]3CC[C@H]2CC(c2cccc(C(N)=O)c2)C3)C2CCCCC2)O1. The Bertz CT molecular complexity index is 930. The fourth-order valence-electron chi connectivity index (χ4n) is 7.20. The number of ether oxygens (including phenoxy) is 2. The van der Waals surface area contributed by atoms with Crippen LogP contribution in [0.3, 0.4) is 0 Å². The highest BCUT2D eigenvalue weighted by molar-refractivity contribution is 5.92. The molecule has 3 aliphatic heterocycles. The van der Waals surface area contributed by atoms with Crippen molar-refractivity contribution in [3.05, 3.63) is 35.4 Å². The number of rotatable bonds is 8. The minimum atomic E-state index is -0.692. The molecule has 1 aromatic rings. The quantitative estimate of drug-likeness (QED) is 0.564. The number of nitrogens with zero attached hydrogens (tertiary/aromatic N) is 1. The third kappa shape index (κ3) is 5.79. The van der Waals surface area contributed by atoms with Gasteiger partial charge < -0.3 is 20.5 Å². The van der Waals surface area contributed by atoms with Crippen molar-refractivity contribution in [2.75, 3.05) is 13.2 Å². The van der Waals surface area contributed by atoms with Crippen LogP contribution in [0.15, 0.2) is 24.3 Å². The van der Waals surface area contributed by atoms with E-state index < -0.39 is 11.9 Å². The van der Waals surface area contributed by atoms with E-state index in [0.29, 0.717) is 36.1 Å². The van der Waals surface area contributed by atoms with E-state index in [9.17, 15) is 9.59 Å². The van der Waals surface area contributed by atoms with Crippen LogP contribution in [0.1, 0.15) is 99.9 Å². The first-order valence-corrected chi connectivity index (χ1v) is 14.1. The Kier molecular flexibility index (Phi) is 7.70. The van der Waals surface area contributed by atoms with E-state index in [1.54, 1.807) is 6.07 Å². The molecule has 5 rings (SSSR count). The fraction of sp³-hybridized carbons (Fsp3) is 0.724. The van der Waals surface area contributed by atoms with Gasteiger partial charge in [-0.2, -0.15) is 0 Å². The van der Waals surface area contributed by atoms with Crippen LogP contribution < -0.4 is 11.1 Å². The van der Waals surface area contributed by atoms with Gasteiger partial charge in [0, 0.05) is 30.2 Å². The molecule has 2 unspecified atom stereocenters. The van der Waals surface area contributed by atoms with Crippen molar-refractivity contribution in [3.8, 4) is 0 Å². The van der Waals surface area contributed by atoms with E-state index in [0.717, 1.165) is 25.8 Å². The van der Waals surface area contributed by atoms with Gasteiger partial charge in [0.2, 0.25) is 5.91 Å². The highest BCUT2D eigenvalue weighted by atomic mass is 16.7. The summed E-state index contributed by atoms with van der Waals surface area (Å²) in [6, 6.07) is 9.24. The molecule has 1 aromatic carbocycles. The minimum Gasteiger partial charge on any atom is -0.366 e. The summed E-state index contributed by atoms with van der Waals surface area (Å²) in [5.74, 6) is -0.0408. The molecule has 1 aliphatic carbocycles. The van der Waals surface area contributed by atoms with Crippen LogP contribution in [-0.2, 0) is 14.3 Å². The first kappa shape index (κ1) is 25.7.